The molecule has 3 rings (SSSR count). The van der Waals surface area contributed by atoms with Gasteiger partial charge in [-0.2, -0.15) is 0 Å². The van der Waals surface area contributed by atoms with E-state index in [1.54, 1.807) is 30.3 Å². The average molecular weight is 555 g/mol. The number of aliphatic carboxylic acids is 2. The van der Waals surface area contributed by atoms with Crippen molar-refractivity contribution in [2.24, 2.45) is 5.73 Å². The molecule has 40 heavy (non-hydrogen) atoms. The number of nitrogens with one attached hydrogen (secondary N) is 5. The van der Waals surface area contributed by atoms with Crippen LogP contribution in [0.1, 0.15) is 23.4 Å². The van der Waals surface area contributed by atoms with E-state index in [9.17, 15) is 34.2 Å². The maximum atomic E-state index is 13.2. The van der Waals surface area contributed by atoms with Gasteiger partial charge in [-0.25, -0.2) is 14.8 Å². The lowest BCUT2D eigenvalue weighted by atomic mass is 10.0. The summed E-state index contributed by atoms with van der Waals surface area (Å²) in [5, 5.41) is 26.2. The van der Waals surface area contributed by atoms with Crippen LogP contribution >= 0.6 is 0 Å². The molecule has 1 aromatic carbocycles. The number of nitrogens with zero attached hydrogens (tertiary/aromatic N) is 2. The molecule has 0 saturated carbocycles. The lowest BCUT2D eigenvalue weighted by Gasteiger charge is -2.24. The molecule has 0 bridgehead atoms. The van der Waals surface area contributed by atoms with Crippen molar-refractivity contribution in [3.8, 4) is 0 Å². The summed E-state index contributed by atoms with van der Waals surface area (Å²) in [5.74, 6) is -5.27. The zero-order valence-electron chi connectivity index (χ0n) is 21.2. The normalized spacial score (nSPS) is 13.8. The second kappa shape index (κ2) is 14.2. The number of H-pyrrole nitrogens is 2. The van der Waals surface area contributed by atoms with Crippen LogP contribution in [0, 0.1) is 0 Å². The highest BCUT2D eigenvalue weighted by atomic mass is 16.4. The predicted molar refractivity (Wildman–Crippen MR) is 138 cm³/mol. The Balaban J connectivity index is 1.74. The Morgan fingerprint density at radius 1 is 0.750 bits per heavy atom. The summed E-state index contributed by atoms with van der Waals surface area (Å²) < 4.78 is 0. The van der Waals surface area contributed by atoms with E-state index in [4.69, 9.17) is 5.73 Å². The summed E-state index contributed by atoms with van der Waals surface area (Å²) in [6.07, 6.45) is 4.76. The maximum absolute atomic E-state index is 13.2. The Hall–Kier alpha value is -5.05. The summed E-state index contributed by atoms with van der Waals surface area (Å²) in [5.41, 5.74) is 7.57. The van der Waals surface area contributed by atoms with Crippen LogP contribution in [0.2, 0.25) is 0 Å². The van der Waals surface area contributed by atoms with Gasteiger partial charge in [0.05, 0.1) is 25.1 Å². The van der Waals surface area contributed by atoms with Gasteiger partial charge in [0.25, 0.3) is 0 Å². The zero-order valence-corrected chi connectivity index (χ0v) is 21.2. The minimum absolute atomic E-state index is 0.0153. The minimum Gasteiger partial charge on any atom is -0.481 e. The Labute approximate surface area is 228 Å². The fourth-order valence-electron chi connectivity index (χ4n) is 3.81. The number of carbonyl (C=O) groups is 5. The molecule has 3 aromatic rings. The van der Waals surface area contributed by atoms with Gasteiger partial charge in [0.1, 0.15) is 18.1 Å². The second-order valence-corrected chi connectivity index (χ2v) is 8.98. The molecule has 15 nitrogen and oxygen atoms in total. The number of hydrogen-bond donors (Lipinski definition) is 8. The number of aromatic nitrogens is 4. The van der Waals surface area contributed by atoms with Crippen molar-refractivity contribution in [2.75, 3.05) is 0 Å². The van der Waals surface area contributed by atoms with Crippen LogP contribution in [-0.4, -0.2) is 84.0 Å². The fourth-order valence-corrected chi connectivity index (χ4v) is 3.81. The molecule has 4 atom stereocenters. The highest BCUT2D eigenvalue weighted by molar-refractivity contribution is 5.95. The largest absolute Gasteiger partial charge is 0.481 e. The van der Waals surface area contributed by atoms with Crippen molar-refractivity contribution in [2.45, 2.75) is 49.9 Å². The molecule has 3 amide bonds. The molecule has 2 heterocycles. The van der Waals surface area contributed by atoms with E-state index in [0.717, 1.165) is 0 Å². The number of carboxylic acids is 2. The molecule has 0 saturated heterocycles. The monoisotopic (exact) mass is 554 g/mol. The number of rotatable bonds is 15. The van der Waals surface area contributed by atoms with Gasteiger partial charge < -0.3 is 41.9 Å². The van der Waals surface area contributed by atoms with Crippen LogP contribution in [-0.2, 0) is 43.2 Å². The van der Waals surface area contributed by atoms with Gasteiger partial charge in [-0.1, -0.05) is 30.3 Å². The molecule has 0 aliphatic heterocycles. The van der Waals surface area contributed by atoms with Crippen molar-refractivity contribution in [1.82, 2.24) is 35.9 Å². The number of aromatic amines is 2. The van der Waals surface area contributed by atoms with E-state index in [-0.39, 0.29) is 19.3 Å². The predicted octanol–water partition coefficient (Wildman–Crippen LogP) is -1.50. The van der Waals surface area contributed by atoms with Gasteiger partial charge in [0.15, 0.2) is 0 Å². The van der Waals surface area contributed by atoms with Crippen LogP contribution in [0.15, 0.2) is 55.4 Å². The summed E-state index contributed by atoms with van der Waals surface area (Å²) in [6, 6.07) is 3.31. The molecule has 0 aliphatic rings. The van der Waals surface area contributed by atoms with Gasteiger partial charge >= 0.3 is 11.9 Å². The average Bonchev–Trinajstić information content (AvgIpc) is 3.62. The molecular weight excluding hydrogens is 524 g/mol. The van der Waals surface area contributed by atoms with Gasteiger partial charge in [-0.15, -0.1) is 0 Å². The van der Waals surface area contributed by atoms with Gasteiger partial charge in [-0.3, -0.25) is 19.2 Å². The first kappa shape index (κ1) is 29.5. The standard InChI is InChI=1S/C25H30N8O7/c26-17(7-15-10-27-12-29-15)22(36)31-19(9-21(34)35)24(38)32-18(8-16-11-28-13-30-16)23(37)33-20(25(39)40)6-14-4-2-1-3-5-14/h1-5,10-13,17-20H,6-9,26H2,(H,27,29)(H,28,30)(H,31,36)(H,32,38)(H,33,37)(H,34,35)(H,39,40). The highest BCUT2D eigenvalue weighted by Crippen LogP contribution is 2.07. The van der Waals surface area contributed by atoms with Crippen LogP contribution in [0.3, 0.4) is 0 Å². The Morgan fingerprint density at radius 2 is 1.30 bits per heavy atom. The van der Waals surface area contributed by atoms with E-state index < -0.39 is 60.2 Å². The third-order valence-corrected chi connectivity index (χ3v) is 5.85. The summed E-state index contributed by atoms with van der Waals surface area (Å²) in [6.45, 7) is 0. The van der Waals surface area contributed by atoms with Crippen LogP contribution in [0.25, 0.3) is 0 Å². The number of benzene rings is 1. The molecule has 0 spiro atoms. The Bertz CT molecular complexity index is 1280. The van der Waals surface area contributed by atoms with Crippen LogP contribution in [0.4, 0.5) is 0 Å². The van der Waals surface area contributed by atoms with Gasteiger partial charge in [0.2, 0.25) is 17.7 Å². The fraction of sp³-hybridized carbons (Fsp3) is 0.320. The number of hydrogen-bond acceptors (Lipinski definition) is 8. The SMILES string of the molecule is NC(Cc1cnc[nH]1)C(=O)NC(CC(=O)O)C(=O)NC(Cc1cnc[nH]1)C(=O)NC(Cc1ccccc1)C(=O)O. The van der Waals surface area contributed by atoms with Crippen molar-refractivity contribution >= 4 is 29.7 Å². The highest BCUT2D eigenvalue weighted by Gasteiger charge is 2.32. The van der Waals surface area contributed by atoms with Crippen LogP contribution in [0.5, 0.6) is 0 Å². The van der Waals surface area contributed by atoms with Crippen LogP contribution < -0.4 is 21.7 Å². The molecule has 0 aliphatic carbocycles. The summed E-state index contributed by atoms with van der Waals surface area (Å²) >= 11 is 0. The molecule has 212 valence electrons. The molecule has 15 heteroatoms. The molecule has 9 N–H and O–H groups in total. The van der Waals surface area contributed by atoms with E-state index in [1.165, 1.54) is 25.0 Å². The second-order valence-electron chi connectivity index (χ2n) is 8.98. The summed E-state index contributed by atoms with van der Waals surface area (Å²) in [4.78, 5) is 75.6. The smallest absolute Gasteiger partial charge is 0.326 e. The number of nitrogens with two attached hydrogens (primary N) is 1. The van der Waals surface area contributed by atoms with Crippen molar-refractivity contribution in [3.05, 3.63) is 72.3 Å². The third-order valence-electron chi connectivity index (χ3n) is 5.85. The Morgan fingerprint density at radius 3 is 1.85 bits per heavy atom. The number of carbonyl (C=O) groups excluding carboxylic acids is 3. The lowest BCUT2D eigenvalue weighted by Crippen LogP contribution is -2.58. The zero-order chi connectivity index (χ0) is 29.1. The molecule has 0 radical (unpaired) electrons. The van der Waals surface area contributed by atoms with Crippen molar-refractivity contribution in [1.29, 1.82) is 0 Å². The van der Waals surface area contributed by atoms with E-state index >= 15 is 0 Å². The van der Waals surface area contributed by atoms with E-state index in [1.807, 2.05) is 0 Å². The summed E-state index contributed by atoms with van der Waals surface area (Å²) in [7, 11) is 0. The van der Waals surface area contributed by atoms with Crippen molar-refractivity contribution < 1.29 is 34.2 Å². The van der Waals surface area contributed by atoms with E-state index in [0.29, 0.717) is 17.0 Å². The third kappa shape index (κ3) is 9.05. The molecular formula is C25H30N8O7. The number of imidazole rings is 2. The van der Waals surface area contributed by atoms with E-state index in [2.05, 4.69) is 35.9 Å². The number of amides is 3. The number of carboxylic acid groups (broad SMARTS) is 2. The maximum Gasteiger partial charge on any atom is 0.326 e. The van der Waals surface area contributed by atoms with Crippen molar-refractivity contribution in [3.63, 3.8) is 0 Å². The topological polar surface area (TPSA) is 245 Å². The molecule has 2 aromatic heterocycles. The Kier molecular flexibility index (Phi) is 10.5. The van der Waals surface area contributed by atoms with Gasteiger partial charge in [-0.05, 0) is 5.56 Å². The first-order chi connectivity index (χ1) is 19.1. The first-order valence-corrected chi connectivity index (χ1v) is 12.2. The minimum atomic E-state index is -1.57. The molecule has 0 fully saturated rings. The molecule has 4 unspecified atom stereocenters. The quantitative estimate of drug-likeness (QED) is 0.108. The first-order valence-electron chi connectivity index (χ1n) is 12.2. The lowest BCUT2D eigenvalue weighted by molar-refractivity contribution is -0.143. The van der Waals surface area contributed by atoms with Gasteiger partial charge in [0, 0.05) is 43.0 Å².